The van der Waals surface area contributed by atoms with E-state index in [2.05, 4.69) is 16.9 Å². The molecule has 0 bridgehead atoms. The maximum Gasteiger partial charge on any atom is 0.289 e. The molecule has 184 valence electrons. The van der Waals surface area contributed by atoms with E-state index in [9.17, 15) is 9.59 Å². The van der Waals surface area contributed by atoms with Crippen molar-refractivity contribution in [1.29, 1.82) is 0 Å². The van der Waals surface area contributed by atoms with Gasteiger partial charge in [0.05, 0.1) is 10.9 Å². The number of hydrogen-bond donors (Lipinski definition) is 1. The second-order valence-electron chi connectivity index (χ2n) is 8.62. The van der Waals surface area contributed by atoms with E-state index in [4.69, 9.17) is 23.2 Å². The van der Waals surface area contributed by atoms with Crippen LogP contribution < -0.4 is 5.32 Å². The fourth-order valence-corrected chi connectivity index (χ4v) is 6.01. The molecule has 2 amide bonds. The number of thiophene rings is 1. The van der Waals surface area contributed by atoms with Crippen molar-refractivity contribution < 1.29 is 9.59 Å². The number of rotatable bonds is 4. The maximum atomic E-state index is 13.4. The zero-order valence-corrected chi connectivity index (χ0v) is 21.7. The summed E-state index contributed by atoms with van der Waals surface area (Å²) in [5.74, 6) is 0.0206. The lowest BCUT2D eigenvalue weighted by atomic mass is 10.0. The molecule has 1 saturated heterocycles. The van der Waals surface area contributed by atoms with E-state index >= 15 is 0 Å². The summed E-state index contributed by atoms with van der Waals surface area (Å²) in [6.45, 7) is 5.59. The van der Waals surface area contributed by atoms with Crippen LogP contribution >= 0.6 is 34.5 Å². The topological polar surface area (TPSA) is 65.0 Å². The molecule has 3 heterocycles. The van der Waals surface area contributed by atoms with Crippen molar-refractivity contribution in [3.05, 3.63) is 87.9 Å². The normalized spacial score (nSPS) is 18.2. The van der Waals surface area contributed by atoms with Crippen molar-refractivity contribution in [3.8, 4) is 0 Å². The number of carbonyl (C=O) groups excluding carboxylic acids is 2. The number of carbonyl (C=O) groups is 2. The summed E-state index contributed by atoms with van der Waals surface area (Å²) >= 11 is 13.9. The molecular weight excluding hydrogens is 515 g/mol. The lowest BCUT2D eigenvalue weighted by Gasteiger charge is -2.40. The molecule has 36 heavy (non-hydrogen) atoms. The van der Waals surface area contributed by atoms with Crippen LogP contribution in [0.25, 0.3) is 15.7 Å². The van der Waals surface area contributed by atoms with Gasteiger partial charge in [-0.1, -0.05) is 47.5 Å². The van der Waals surface area contributed by atoms with E-state index in [1.807, 2.05) is 54.7 Å². The Hall–Kier alpha value is -3.13. The quantitative estimate of drug-likeness (QED) is 0.447. The number of piperazine rings is 1. The van der Waals surface area contributed by atoms with Gasteiger partial charge >= 0.3 is 0 Å². The highest BCUT2D eigenvalue weighted by molar-refractivity contribution is 7.20. The molecule has 0 saturated carbocycles. The molecule has 6 nitrogen and oxygen atoms in total. The van der Waals surface area contributed by atoms with E-state index in [1.54, 1.807) is 15.9 Å². The van der Waals surface area contributed by atoms with Crippen molar-refractivity contribution in [3.63, 3.8) is 0 Å². The maximum absolute atomic E-state index is 13.4. The minimum atomic E-state index is -0.322. The van der Waals surface area contributed by atoms with Crippen LogP contribution in [0.5, 0.6) is 0 Å². The number of amides is 2. The lowest BCUT2D eigenvalue weighted by molar-refractivity contribution is -0.127. The third kappa shape index (κ3) is 4.91. The van der Waals surface area contributed by atoms with Crippen molar-refractivity contribution in [2.75, 3.05) is 26.2 Å². The van der Waals surface area contributed by atoms with Crippen LogP contribution in [0, 0.1) is 0 Å². The van der Waals surface area contributed by atoms with E-state index in [1.165, 1.54) is 11.3 Å². The molecule has 1 unspecified atom stereocenters. The van der Waals surface area contributed by atoms with Gasteiger partial charge < -0.3 is 15.1 Å². The smallest absolute Gasteiger partial charge is 0.289 e. The van der Waals surface area contributed by atoms with Crippen molar-refractivity contribution in [2.45, 2.75) is 12.5 Å². The fourth-order valence-electron chi connectivity index (χ4n) is 4.48. The van der Waals surface area contributed by atoms with Gasteiger partial charge in [0.2, 0.25) is 0 Å². The molecular formula is C27H24Cl2N4O2S. The zero-order valence-electron chi connectivity index (χ0n) is 19.4. The fraction of sp³-hybridized carbons (Fsp3) is 0.222. The highest BCUT2D eigenvalue weighted by Crippen LogP contribution is 2.32. The second-order valence-corrected chi connectivity index (χ2v) is 10.5. The Labute approximate surface area is 223 Å². The summed E-state index contributed by atoms with van der Waals surface area (Å²) in [7, 11) is 0. The van der Waals surface area contributed by atoms with Crippen LogP contribution in [0.1, 0.15) is 21.7 Å². The number of hydrogen-bond acceptors (Lipinski definition) is 5. The Morgan fingerprint density at radius 2 is 1.94 bits per heavy atom. The molecule has 0 spiro atoms. The van der Waals surface area contributed by atoms with E-state index < -0.39 is 0 Å². The molecule has 0 radical (unpaired) electrons. The van der Waals surface area contributed by atoms with Gasteiger partial charge in [-0.2, -0.15) is 0 Å². The first-order valence-corrected chi connectivity index (χ1v) is 13.2. The average molecular weight is 539 g/mol. The Bertz CT molecular complexity index is 1410. The van der Waals surface area contributed by atoms with Gasteiger partial charge in [0.1, 0.15) is 0 Å². The molecule has 1 N–H and O–H groups in total. The van der Waals surface area contributed by atoms with Gasteiger partial charge in [-0.3, -0.25) is 14.6 Å². The van der Waals surface area contributed by atoms with Gasteiger partial charge in [0.25, 0.3) is 11.8 Å². The number of nitrogens with zero attached hydrogens (tertiary/aromatic N) is 3. The summed E-state index contributed by atoms with van der Waals surface area (Å²) in [6.07, 6.45) is 4.23. The second kappa shape index (κ2) is 10.5. The summed E-state index contributed by atoms with van der Waals surface area (Å²) in [5.41, 5.74) is 2.03. The van der Waals surface area contributed by atoms with Crippen molar-refractivity contribution >= 4 is 67.8 Å². The number of amidine groups is 1. The highest BCUT2D eigenvalue weighted by atomic mass is 35.5. The largest absolute Gasteiger partial charge is 0.342 e. The predicted molar refractivity (Wildman–Crippen MR) is 148 cm³/mol. The summed E-state index contributed by atoms with van der Waals surface area (Å²) in [4.78, 5) is 35.3. The monoisotopic (exact) mass is 538 g/mol. The van der Waals surface area contributed by atoms with E-state index in [0.29, 0.717) is 47.5 Å². The van der Waals surface area contributed by atoms with Crippen molar-refractivity contribution in [1.82, 2.24) is 15.1 Å². The third-order valence-corrected chi connectivity index (χ3v) is 8.04. The molecule has 1 aromatic heterocycles. The molecule has 2 aliphatic heterocycles. The minimum Gasteiger partial charge on any atom is -0.342 e. The van der Waals surface area contributed by atoms with E-state index in [-0.39, 0.29) is 23.7 Å². The number of nitrogens with one attached hydrogen (secondary N) is 1. The van der Waals surface area contributed by atoms with E-state index in [0.717, 1.165) is 21.2 Å². The SMILES string of the molecule is C=CC1CN(C(=O)c2cc3c(Cl)cccc3s2)CCN1C(=O)C1=NCCC(c2cccc(Cl)c2)=CN1. The molecule has 2 aromatic carbocycles. The number of benzene rings is 2. The van der Waals surface area contributed by atoms with Gasteiger partial charge in [0.15, 0.2) is 5.84 Å². The first-order chi connectivity index (χ1) is 17.4. The zero-order chi connectivity index (χ0) is 25.2. The summed E-state index contributed by atoms with van der Waals surface area (Å²) < 4.78 is 0.975. The van der Waals surface area contributed by atoms with Gasteiger partial charge in [-0.15, -0.1) is 17.9 Å². The van der Waals surface area contributed by atoms with Crippen LogP contribution in [0.15, 0.2) is 72.4 Å². The standard InChI is InChI=1S/C27H24Cl2N4O2S/c1-2-20-16-32(26(34)24-14-21-22(29)7-4-8-23(21)36-24)11-12-33(20)27(35)25-30-10-9-18(15-31-25)17-5-3-6-19(28)13-17/h2-8,13-15,20H,1,9-12,16H2,(H,30,31). The third-order valence-electron chi connectivity index (χ3n) is 6.39. The number of fused-ring (bicyclic) bond motifs is 1. The molecule has 5 rings (SSSR count). The Morgan fingerprint density at radius 3 is 2.72 bits per heavy atom. The van der Waals surface area contributed by atoms with Gasteiger partial charge in [-0.25, -0.2) is 0 Å². The molecule has 1 fully saturated rings. The van der Waals surface area contributed by atoms with Crippen LogP contribution in [-0.2, 0) is 4.79 Å². The minimum absolute atomic E-state index is 0.0646. The van der Waals surface area contributed by atoms with Crippen LogP contribution in [0.4, 0.5) is 0 Å². The van der Waals surface area contributed by atoms with Crippen molar-refractivity contribution in [2.24, 2.45) is 4.99 Å². The van der Waals surface area contributed by atoms with Crippen LogP contribution in [0.3, 0.4) is 0 Å². The Morgan fingerprint density at radius 1 is 1.11 bits per heavy atom. The first kappa shape index (κ1) is 24.6. The highest BCUT2D eigenvalue weighted by Gasteiger charge is 2.33. The first-order valence-electron chi connectivity index (χ1n) is 11.6. The average Bonchev–Trinajstić information content (AvgIpc) is 3.19. The molecule has 9 heteroatoms. The summed E-state index contributed by atoms with van der Waals surface area (Å²) in [6, 6.07) is 14.8. The number of halogens is 2. The molecule has 1 atom stereocenters. The van der Waals surface area contributed by atoms with Gasteiger partial charge in [-0.05, 0) is 47.9 Å². The van der Waals surface area contributed by atoms with Gasteiger partial charge in [0, 0.05) is 52.5 Å². The molecule has 2 aliphatic rings. The Kier molecular flexibility index (Phi) is 7.14. The van der Waals surface area contributed by atoms with Crippen LogP contribution in [-0.4, -0.2) is 59.7 Å². The molecule has 3 aromatic rings. The van der Waals surface area contributed by atoms with Crippen LogP contribution in [0.2, 0.25) is 10.0 Å². The lowest BCUT2D eigenvalue weighted by Crippen LogP contribution is -2.58. The summed E-state index contributed by atoms with van der Waals surface area (Å²) in [5, 5.41) is 5.27. The Balaban J connectivity index is 1.28. The predicted octanol–water partition coefficient (Wildman–Crippen LogP) is 5.48. The molecule has 0 aliphatic carbocycles. The number of aliphatic imine (C=N–C) groups is 1.